The zero-order valence-electron chi connectivity index (χ0n) is 10.8. The SMILES string of the molecule is OCC1CCN(c2ccc3c(c2)CC=CC3)CC1. The van der Waals surface area contributed by atoms with Crippen LogP contribution in [0.5, 0.6) is 0 Å². The number of benzene rings is 1. The van der Waals surface area contributed by atoms with Gasteiger partial charge in [0.05, 0.1) is 0 Å². The van der Waals surface area contributed by atoms with E-state index in [1.54, 1.807) is 0 Å². The molecular formula is C16H21NO. The van der Waals surface area contributed by atoms with Crippen molar-refractivity contribution in [1.82, 2.24) is 0 Å². The van der Waals surface area contributed by atoms with Gasteiger partial charge < -0.3 is 10.0 Å². The number of piperidine rings is 1. The number of hydrogen-bond donors (Lipinski definition) is 1. The summed E-state index contributed by atoms with van der Waals surface area (Å²) in [6.45, 7) is 2.52. The summed E-state index contributed by atoms with van der Waals surface area (Å²) >= 11 is 0. The molecule has 0 spiro atoms. The van der Waals surface area contributed by atoms with E-state index in [9.17, 15) is 5.11 Å². The average molecular weight is 243 g/mol. The van der Waals surface area contributed by atoms with E-state index in [2.05, 4.69) is 35.3 Å². The van der Waals surface area contributed by atoms with Crippen LogP contribution in [0.15, 0.2) is 30.4 Å². The van der Waals surface area contributed by atoms with E-state index < -0.39 is 0 Å². The summed E-state index contributed by atoms with van der Waals surface area (Å²) in [5, 5.41) is 9.18. The molecule has 1 aliphatic carbocycles. The van der Waals surface area contributed by atoms with Crippen molar-refractivity contribution in [3.05, 3.63) is 41.5 Å². The number of nitrogens with zero attached hydrogens (tertiary/aromatic N) is 1. The number of rotatable bonds is 2. The third-order valence-electron chi connectivity index (χ3n) is 4.27. The summed E-state index contributed by atoms with van der Waals surface area (Å²) in [5.41, 5.74) is 4.33. The Balaban J connectivity index is 1.74. The van der Waals surface area contributed by atoms with Gasteiger partial charge in [0.1, 0.15) is 0 Å². The van der Waals surface area contributed by atoms with E-state index in [0.29, 0.717) is 12.5 Å². The Morgan fingerprint density at radius 2 is 1.78 bits per heavy atom. The summed E-state index contributed by atoms with van der Waals surface area (Å²) in [7, 11) is 0. The molecule has 0 atom stereocenters. The number of aliphatic hydroxyl groups is 1. The number of anilines is 1. The van der Waals surface area contributed by atoms with Gasteiger partial charge in [0.25, 0.3) is 0 Å². The Morgan fingerprint density at radius 1 is 1.06 bits per heavy atom. The van der Waals surface area contributed by atoms with Crippen molar-refractivity contribution in [3.63, 3.8) is 0 Å². The van der Waals surface area contributed by atoms with Gasteiger partial charge in [-0.2, -0.15) is 0 Å². The maximum absolute atomic E-state index is 9.18. The lowest BCUT2D eigenvalue weighted by Crippen LogP contribution is -2.34. The van der Waals surface area contributed by atoms with E-state index >= 15 is 0 Å². The highest BCUT2D eigenvalue weighted by atomic mass is 16.3. The smallest absolute Gasteiger partial charge is 0.0460 e. The van der Waals surface area contributed by atoms with Crippen molar-refractivity contribution in [3.8, 4) is 0 Å². The highest BCUT2D eigenvalue weighted by Crippen LogP contribution is 2.27. The van der Waals surface area contributed by atoms with Gasteiger partial charge in [0.2, 0.25) is 0 Å². The maximum atomic E-state index is 9.18. The molecule has 0 radical (unpaired) electrons. The van der Waals surface area contributed by atoms with Gasteiger partial charge in [0, 0.05) is 25.4 Å². The van der Waals surface area contributed by atoms with Gasteiger partial charge in [-0.1, -0.05) is 18.2 Å². The summed E-state index contributed by atoms with van der Waals surface area (Å²) in [6, 6.07) is 6.90. The third kappa shape index (κ3) is 2.30. The van der Waals surface area contributed by atoms with E-state index in [1.165, 1.54) is 16.8 Å². The lowest BCUT2D eigenvalue weighted by Gasteiger charge is -2.33. The van der Waals surface area contributed by atoms with Crippen LogP contribution in [0.1, 0.15) is 24.0 Å². The monoisotopic (exact) mass is 243 g/mol. The zero-order chi connectivity index (χ0) is 12.4. The van der Waals surface area contributed by atoms with Crippen LogP contribution in [0.4, 0.5) is 5.69 Å². The van der Waals surface area contributed by atoms with Crippen molar-refractivity contribution in [2.45, 2.75) is 25.7 Å². The Morgan fingerprint density at radius 3 is 2.50 bits per heavy atom. The standard InChI is InChI=1S/C16H21NO/c18-12-13-7-9-17(10-8-13)16-6-5-14-3-1-2-4-15(14)11-16/h1-2,5-6,11,13,18H,3-4,7-10,12H2. The van der Waals surface area contributed by atoms with Gasteiger partial charge in [0.15, 0.2) is 0 Å². The second-order valence-corrected chi connectivity index (χ2v) is 5.45. The van der Waals surface area contributed by atoms with Crippen molar-refractivity contribution >= 4 is 5.69 Å². The first-order chi connectivity index (χ1) is 8.86. The molecule has 1 aliphatic heterocycles. The molecule has 3 rings (SSSR count). The number of allylic oxidation sites excluding steroid dienone is 2. The Bertz CT molecular complexity index is 444. The third-order valence-corrected chi connectivity index (χ3v) is 4.27. The molecule has 1 heterocycles. The highest BCUT2D eigenvalue weighted by molar-refractivity contribution is 5.53. The summed E-state index contributed by atoms with van der Waals surface area (Å²) in [4.78, 5) is 2.46. The van der Waals surface area contributed by atoms with Crippen LogP contribution in [0, 0.1) is 5.92 Å². The lowest BCUT2D eigenvalue weighted by atomic mass is 9.94. The molecule has 0 saturated carbocycles. The molecule has 1 aromatic rings. The minimum atomic E-state index is 0.350. The van der Waals surface area contributed by atoms with Crippen molar-refractivity contribution < 1.29 is 5.11 Å². The van der Waals surface area contributed by atoms with E-state index in [1.807, 2.05) is 0 Å². The molecule has 2 heteroatoms. The molecule has 0 amide bonds. The van der Waals surface area contributed by atoms with Crippen LogP contribution in [0.3, 0.4) is 0 Å². The molecule has 2 aliphatic rings. The van der Waals surface area contributed by atoms with Gasteiger partial charge in [-0.15, -0.1) is 0 Å². The molecule has 1 N–H and O–H groups in total. The summed E-state index contributed by atoms with van der Waals surface area (Å²) in [5.74, 6) is 0.516. The molecule has 2 nitrogen and oxygen atoms in total. The fourth-order valence-corrected chi connectivity index (χ4v) is 2.99. The van der Waals surface area contributed by atoms with Gasteiger partial charge in [-0.05, 0) is 54.9 Å². The first-order valence-corrected chi connectivity index (χ1v) is 6.99. The van der Waals surface area contributed by atoms with E-state index in [0.717, 1.165) is 38.8 Å². The van der Waals surface area contributed by atoms with Crippen LogP contribution < -0.4 is 4.90 Å². The molecule has 0 unspecified atom stereocenters. The molecule has 0 aromatic heterocycles. The quantitative estimate of drug-likeness (QED) is 0.807. The first kappa shape index (κ1) is 11.8. The minimum absolute atomic E-state index is 0.350. The second kappa shape index (κ2) is 5.15. The van der Waals surface area contributed by atoms with Crippen molar-refractivity contribution in [1.29, 1.82) is 0 Å². The molecule has 1 fully saturated rings. The van der Waals surface area contributed by atoms with Crippen LogP contribution in [-0.2, 0) is 12.8 Å². The fourth-order valence-electron chi connectivity index (χ4n) is 2.99. The average Bonchev–Trinajstić information content (AvgIpc) is 2.47. The first-order valence-electron chi connectivity index (χ1n) is 6.99. The minimum Gasteiger partial charge on any atom is -0.396 e. The summed E-state index contributed by atoms with van der Waals surface area (Å²) < 4.78 is 0. The molecule has 96 valence electrons. The Kier molecular flexibility index (Phi) is 3.37. The van der Waals surface area contributed by atoms with Gasteiger partial charge in [-0.3, -0.25) is 0 Å². The van der Waals surface area contributed by atoms with Gasteiger partial charge >= 0.3 is 0 Å². The number of fused-ring (bicyclic) bond motifs is 1. The van der Waals surface area contributed by atoms with Gasteiger partial charge in [-0.25, -0.2) is 0 Å². The van der Waals surface area contributed by atoms with Crippen LogP contribution in [0.25, 0.3) is 0 Å². The lowest BCUT2D eigenvalue weighted by molar-refractivity contribution is 0.203. The van der Waals surface area contributed by atoms with Crippen LogP contribution in [-0.4, -0.2) is 24.8 Å². The molecule has 1 aromatic carbocycles. The molecule has 18 heavy (non-hydrogen) atoms. The van der Waals surface area contributed by atoms with E-state index in [-0.39, 0.29) is 0 Å². The fraction of sp³-hybridized carbons (Fsp3) is 0.500. The largest absolute Gasteiger partial charge is 0.396 e. The van der Waals surface area contributed by atoms with Crippen molar-refractivity contribution in [2.24, 2.45) is 5.92 Å². The van der Waals surface area contributed by atoms with Crippen LogP contribution in [0.2, 0.25) is 0 Å². The molecule has 1 saturated heterocycles. The number of hydrogen-bond acceptors (Lipinski definition) is 2. The van der Waals surface area contributed by atoms with Crippen LogP contribution >= 0.6 is 0 Å². The predicted octanol–water partition coefficient (Wildman–Crippen LogP) is 2.55. The summed E-state index contributed by atoms with van der Waals surface area (Å²) in [6.07, 6.45) is 8.93. The Labute approximate surface area is 109 Å². The topological polar surface area (TPSA) is 23.5 Å². The second-order valence-electron chi connectivity index (χ2n) is 5.45. The molecular weight excluding hydrogens is 222 g/mol. The molecule has 0 bridgehead atoms. The maximum Gasteiger partial charge on any atom is 0.0460 e. The Hall–Kier alpha value is -1.28. The van der Waals surface area contributed by atoms with E-state index in [4.69, 9.17) is 0 Å². The normalized spacial score (nSPS) is 19.9. The highest BCUT2D eigenvalue weighted by Gasteiger charge is 2.19. The number of aliphatic hydroxyl groups excluding tert-OH is 1. The zero-order valence-corrected chi connectivity index (χ0v) is 10.8. The predicted molar refractivity (Wildman–Crippen MR) is 75.0 cm³/mol. The van der Waals surface area contributed by atoms with Crippen molar-refractivity contribution in [2.75, 3.05) is 24.6 Å².